The Hall–Kier alpha value is -3.94. The van der Waals surface area contributed by atoms with Gasteiger partial charge in [0.25, 0.3) is 5.91 Å². The van der Waals surface area contributed by atoms with E-state index in [0.717, 1.165) is 21.2 Å². The number of aliphatic hydroxyl groups excluding tert-OH is 1. The van der Waals surface area contributed by atoms with E-state index >= 15 is 0 Å². The monoisotopic (exact) mass is 584 g/mol. The lowest BCUT2D eigenvalue weighted by Crippen LogP contribution is -2.46. The van der Waals surface area contributed by atoms with Gasteiger partial charge in [0, 0.05) is 35.2 Å². The summed E-state index contributed by atoms with van der Waals surface area (Å²) in [6.45, 7) is 0.507. The van der Waals surface area contributed by atoms with Crippen molar-refractivity contribution in [3.63, 3.8) is 0 Å². The van der Waals surface area contributed by atoms with Crippen molar-refractivity contribution in [1.29, 1.82) is 0 Å². The van der Waals surface area contributed by atoms with E-state index in [9.17, 15) is 4.79 Å². The predicted octanol–water partition coefficient (Wildman–Crippen LogP) is 6.35. The van der Waals surface area contributed by atoms with Gasteiger partial charge in [-0.3, -0.25) is 4.79 Å². The van der Waals surface area contributed by atoms with Crippen molar-refractivity contribution in [1.82, 2.24) is 0 Å². The van der Waals surface area contributed by atoms with E-state index in [1.807, 2.05) is 109 Å². The number of hydrogen-bond donors (Lipinski definition) is 2. The topological polar surface area (TPSA) is 80.2 Å². The first-order valence-electron chi connectivity index (χ1n) is 12.8. The number of benzene rings is 4. The zero-order valence-corrected chi connectivity index (χ0v) is 22.9. The number of para-hydroxylation sites is 1. The molecule has 0 fully saturated rings. The van der Waals surface area contributed by atoms with Gasteiger partial charge >= 0.3 is 0 Å². The van der Waals surface area contributed by atoms with Gasteiger partial charge in [-0.1, -0.05) is 76.6 Å². The standard InChI is InChI=1S/C32H29BrN2O4/c33-26-16-12-24(13-17-26)29-32(22-23-8-3-1-4-9-23,31(37)34-27-10-5-2-6-11-27)35-30(39-29)25-14-18-28(19-15-25)38-21-7-20-36/h1-6,8-19,29,36H,7,20-22H2,(H,34,37)/t29-,32-/m1/s1. The molecule has 1 aliphatic heterocycles. The molecular formula is C32H29BrN2O4. The molecule has 1 amide bonds. The van der Waals surface area contributed by atoms with Crippen molar-refractivity contribution in [3.05, 3.63) is 130 Å². The van der Waals surface area contributed by atoms with Crippen LogP contribution in [0.15, 0.2) is 119 Å². The average Bonchev–Trinajstić information content (AvgIpc) is 3.35. The van der Waals surface area contributed by atoms with Gasteiger partial charge < -0.3 is 19.9 Å². The Morgan fingerprint density at radius 3 is 2.26 bits per heavy atom. The fourth-order valence-corrected chi connectivity index (χ4v) is 4.85. The second-order valence-electron chi connectivity index (χ2n) is 9.32. The SMILES string of the molecule is O=C(Nc1ccccc1)[C@]1(Cc2ccccc2)N=C(c2ccc(OCCCO)cc2)O[C@@H]1c1ccc(Br)cc1. The first-order chi connectivity index (χ1) is 19.1. The molecule has 2 N–H and O–H groups in total. The molecule has 0 saturated carbocycles. The Bertz CT molecular complexity index is 1410. The second-order valence-corrected chi connectivity index (χ2v) is 10.2. The summed E-state index contributed by atoms with van der Waals surface area (Å²) >= 11 is 3.51. The molecule has 1 heterocycles. The minimum atomic E-state index is -1.27. The molecule has 2 atom stereocenters. The quantitative estimate of drug-likeness (QED) is 0.213. The van der Waals surface area contributed by atoms with Crippen LogP contribution in [-0.4, -0.2) is 35.7 Å². The number of rotatable bonds is 10. The number of aliphatic hydroxyl groups is 1. The summed E-state index contributed by atoms with van der Waals surface area (Å²) in [5, 5.41) is 12.1. The highest BCUT2D eigenvalue weighted by atomic mass is 79.9. The van der Waals surface area contributed by atoms with Crippen LogP contribution in [0.25, 0.3) is 0 Å². The van der Waals surface area contributed by atoms with Crippen LogP contribution in [0, 0.1) is 0 Å². The Morgan fingerprint density at radius 2 is 1.59 bits per heavy atom. The Balaban J connectivity index is 1.57. The average molecular weight is 585 g/mol. The van der Waals surface area contributed by atoms with Gasteiger partial charge in [-0.05, 0) is 59.7 Å². The lowest BCUT2D eigenvalue weighted by molar-refractivity contribution is -0.123. The summed E-state index contributed by atoms with van der Waals surface area (Å²) in [4.78, 5) is 19.3. The number of halogens is 1. The van der Waals surface area contributed by atoms with Gasteiger partial charge in [0.1, 0.15) is 5.75 Å². The lowest BCUT2D eigenvalue weighted by Gasteiger charge is -2.31. The highest BCUT2D eigenvalue weighted by molar-refractivity contribution is 9.10. The molecule has 0 unspecified atom stereocenters. The molecule has 0 saturated heterocycles. The number of anilines is 1. The van der Waals surface area contributed by atoms with Crippen molar-refractivity contribution < 1.29 is 19.4 Å². The van der Waals surface area contributed by atoms with Crippen LogP contribution in [0.1, 0.15) is 29.2 Å². The minimum absolute atomic E-state index is 0.0781. The summed E-state index contributed by atoms with van der Waals surface area (Å²) in [6.07, 6.45) is 0.245. The van der Waals surface area contributed by atoms with Crippen molar-refractivity contribution in [2.24, 2.45) is 4.99 Å². The third kappa shape index (κ3) is 6.21. The third-order valence-electron chi connectivity index (χ3n) is 6.55. The molecule has 198 valence electrons. The van der Waals surface area contributed by atoms with Gasteiger partial charge in [0.2, 0.25) is 5.90 Å². The highest BCUT2D eigenvalue weighted by Crippen LogP contribution is 2.43. The molecule has 0 radical (unpaired) electrons. The van der Waals surface area contributed by atoms with Crippen molar-refractivity contribution >= 4 is 33.4 Å². The van der Waals surface area contributed by atoms with E-state index in [2.05, 4.69) is 21.2 Å². The van der Waals surface area contributed by atoms with Crippen LogP contribution >= 0.6 is 15.9 Å². The molecule has 0 aromatic heterocycles. The highest BCUT2D eigenvalue weighted by Gasteiger charge is 2.53. The van der Waals surface area contributed by atoms with E-state index in [1.54, 1.807) is 0 Å². The lowest BCUT2D eigenvalue weighted by atomic mass is 9.82. The normalized spacial score (nSPS) is 18.2. The Morgan fingerprint density at radius 1 is 0.923 bits per heavy atom. The zero-order chi connectivity index (χ0) is 27.1. The number of nitrogens with one attached hydrogen (secondary N) is 1. The summed E-state index contributed by atoms with van der Waals surface area (Å²) in [6, 6.07) is 34.5. The van der Waals surface area contributed by atoms with Gasteiger partial charge in [-0.25, -0.2) is 4.99 Å². The van der Waals surface area contributed by atoms with E-state index in [4.69, 9.17) is 19.6 Å². The summed E-state index contributed by atoms with van der Waals surface area (Å²) in [5.74, 6) is 0.834. The molecule has 0 bridgehead atoms. The molecule has 4 aromatic rings. The summed E-state index contributed by atoms with van der Waals surface area (Å²) < 4.78 is 13.2. The number of ether oxygens (including phenoxy) is 2. The van der Waals surface area contributed by atoms with Crippen molar-refractivity contribution in [3.8, 4) is 5.75 Å². The third-order valence-corrected chi connectivity index (χ3v) is 7.08. The Kier molecular flexibility index (Phi) is 8.39. The molecule has 7 heteroatoms. The fourth-order valence-electron chi connectivity index (χ4n) is 4.59. The van der Waals surface area contributed by atoms with Gasteiger partial charge in [0.05, 0.1) is 6.61 Å². The molecule has 0 spiro atoms. The van der Waals surface area contributed by atoms with Crippen LogP contribution in [0.3, 0.4) is 0 Å². The largest absolute Gasteiger partial charge is 0.494 e. The molecular weight excluding hydrogens is 556 g/mol. The van der Waals surface area contributed by atoms with Crippen LogP contribution in [0.2, 0.25) is 0 Å². The fraction of sp³-hybridized carbons (Fsp3) is 0.188. The number of nitrogens with zero attached hydrogens (tertiary/aromatic N) is 1. The van der Waals surface area contributed by atoms with E-state index in [1.165, 1.54) is 0 Å². The first kappa shape index (κ1) is 26.7. The molecule has 4 aromatic carbocycles. The first-order valence-corrected chi connectivity index (χ1v) is 13.6. The maximum atomic E-state index is 14.2. The van der Waals surface area contributed by atoms with Crippen molar-refractivity contribution in [2.75, 3.05) is 18.5 Å². The maximum Gasteiger partial charge on any atom is 0.257 e. The Labute approximate surface area is 236 Å². The molecule has 5 rings (SSSR count). The van der Waals surface area contributed by atoms with Gasteiger partial charge in [0.15, 0.2) is 11.6 Å². The summed E-state index contributed by atoms with van der Waals surface area (Å²) in [7, 11) is 0. The van der Waals surface area contributed by atoms with E-state index in [0.29, 0.717) is 36.8 Å². The molecule has 39 heavy (non-hydrogen) atoms. The van der Waals surface area contributed by atoms with Crippen LogP contribution in [0.5, 0.6) is 5.75 Å². The number of hydrogen-bond acceptors (Lipinski definition) is 5. The smallest absolute Gasteiger partial charge is 0.257 e. The number of carbonyl (C=O) groups is 1. The molecule has 0 aliphatic carbocycles. The van der Waals surface area contributed by atoms with Gasteiger partial charge in [-0.2, -0.15) is 0 Å². The maximum absolute atomic E-state index is 14.2. The second kappa shape index (κ2) is 12.3. The zero-order valence-electron chi connectivity index (χ0n) is 21.3. The number of carbonyl (C=O) groups excluding carboxylic acids is 1. The molecule has 6 nitrogen and oxygen atoms in total. The van der Waals surface area contributed by atoms with Crippen LogP contribution < -0.4 is 10.1 Å². The van der Waals surface area contributed by atoms with Crippen LogP contribution in [-0.2, 0) is 16.0 Å². The molecule has 1 aliphatic rings. The predicted molar refractivity (Wildman–Crippen MR) is 156 cm³/mol. The number of amides is 1. The van der Waals surface area contributed by atoms with Crippen LogP contribution in [0.4, 0.5) is 5.69 Å². The van der Waals surface area contributed by atoms with E-state index in [-0.39, 0.29) is 12.5 Å². The summed E-state index contributed by atoms with van der Waals surface area (Å²) in [5.41, 5.74) is 1.99. The van der Waals surface area contributed by atoms with Gasteiger partial charge in [-0.15, -0.1) is 0 Å². The number of aliphatic imine (C=N–C) groups is 1. The minimum Gasteiger partial charge on any atom is -0.494 e. The van der Waals surface area contributed by atoms with E-state index < -0.39 is 11.6 Å². The van der Waals surface area contributed by atoms with Crippen molar-refractivity contribution in [2.45, 2.75) is 24.5 Å².